The Morgan fingerprint density at radius 3 is 3.00 bits per heavy atom. The largest absolute Gasteiger partial charge is 0.484 e. The maximum absolute atomic E-state index is 12.2. The summed E-state index contributed by atoms with van der Waals surface area (Å²) in [5, 5.41) is 3.12. The topological polar surface area (TPSA) is 50.8 Å². The summed E-state index contributed by atoms with van der Waals surface area (Å²) >= 11 is 0. The van der Waals surface area contributed by atoms with E-state index in [0.29, 0.717) is 13.2 Å². The Labute approximate surface area is 137 Å². The Balaban J connectivity index is 1.75. The van der Waals surface area contributed by atoms with Gasteiger partial charge in [0.05, 0.1) is 19.3 Å². The van der Waals surface area contributed by atoms with Crippen LogP contribution in [0.1, 0.15) is 24.4 Å². The molecule has 2 atom stereocenters. The number of para-hydroxylation sites is 1. The molecule has 5 nitrogen and oxygen atoms in total. The molecule has 2 heterocycles. The molecule has 0 bridgehead atoms. The number of likely N-dealkylation sites (N-methyl/N-ethyl adjacent to an activating group) is 1. The number of hydrogen-bond donors (Lipinski definition) is 1. The van der Waals surface area contributed by atoms with E-state index >= 15 is 0 Å². The van der Waals surface area contributed by atoms with Gasteiger partial charge in [0.1, 0.15) is 11.4 Å². The lowest BCUT2D eigenvalue weighted by Gasteiger charge is -2.39. The van der Waals surface area contributed by atoms with Crippen LogP contribution >= 0.6 is 0 Å². The molecular weight excluding hydrogens is 292 g/mol. The number of hydrogen-bond acceptors (Lipinski definition) is 4. The molecule has 3 rings (SSSR count). The van der Waals surface area contributed by atoms with Crippen molar-refractivity contribution in [2.75, 3.05) is 33.9 Å². The minimum atomic E-state index is -0.306. The molecule has 0 radical (unpaired) electrons. The SMILES string of the molecule is CN(C)C/C=C/C(=O)NC1CC2(CCOC2)Oc2ccccc21. The molecule has 1 amide bonds. The molecule has 1 spiro atoms. The Hall–Kier alpha value is -1.85. The summed E-state index contributed by atoms with van der Waals surface area (Å²) in [4.78, 5) is 14.2. The van der Waals surface area contributed by atoms with E-state index < -0.39 is 0 Å². The molecule has 23 heavy (non-hydrogen) atoms. The molecule has 1 N–H and O–H groups in total. The van der Waals surface area contributed by atoms with Crippen LogP contribution in [0, 0.1) is 0 Å². The summed E-state index contributed by atoms with van der Waals surface area (Å²) in [6.45, 7) is 2.05. The summed E-state index contributed by atoms with van der Waals surface area (Å²) in [6.07, 6.45) is 5.09. The zero-order valence-electron chi connectivity index (χ0n) is 13.7. The molecule has 2 aliphatic heterocycles. The third kappa shape index (κ3) is 3.74. The first-order valence-corrected chi connectivity index (χ1v) is 8.05. The number of amides is 1. The molecular formula is C18H24N2O3. The first kappa shape index (κ1) is 16.0. The van der Waals surface area contributed by atoms with Crippen LogP contribution in [0.4, 0.5) is 0 Å². The third-order valence-corrected chi connectivity index (χ3v) is 4.32. The van der Waals surface area contributed by atoms with E-state index in [1.807, 2.05) is 49.3 Å². The lowest BCUT2D eigenvalue weighted by Crippen LogP contribution is -2.45. The van der Waals surface area contributed by atoms with Crippen molar-refractivity contribution in [2.24, 2.45) is 0 Å². The molecule has 0 aliphatic carbocycles. The highest BCUT2D eigenvalue weighted by atomic mass is 16.6. The molecule has 5 heteroatoms. The van der Waals surface area contributed by atoms with Crippen LogP contribution in [0.2, 0.25) is 0 Å². The van der Waals surface area contributed by atoms with E-state index in [1.165, 1.54) is 0 Å². The first-order chi connectivity index (χ1) is 11.1. The van der Waals surface area contributed by atoms with Crippen molar-refractivity contribution in [3.05, 3.63) is 42.0 Å². The highest BCUT2D eigenvalue weighted by molar-refractivity contribution is 5.87. The smallest absolute Gasteiger partial charge is 0.244 e. The molecule has 1 fully saturated rings. The quantitative estimate of drug-likeness (QED) is 0.862. The molecule has 0 aromatic heterocycles. The van der Waals surface area contributed by atoms with Gasteiger partial charge >= 0.3 is 0 Å². The van der Waals surface area contributed by atoms with E-state index in [4.69, 9.17) is 9.47 Å². The van der Waals surface area contributed by atoms with E-state index in [2.05, 4.69) is 5.32 Å². The van der Waals surface area contributed by atoms with Crippen molar-refractivity contribution in [1.82, 2.24) is 10.2 Å². The summed E-state index contributed by atoms with van der Waals surface area (Å²) in [7, 11) is 3.95. The monoisotopic (exact) mass is 316 g/mol. The van der Waals surface area contributed by atoms with E-state index in [9.17, 15) is 4.79 Å². The number of ether oxygens (including phenoxy) is 2. The third-order valence-electron chi connectivity index (χ3n) is 4.32. The normalized spacial score (nSPS) is 26.5. The summed E-state index contributed by atoms with van der Waals surface area (Å²) in [5.41, 5.74) is 0.735. The van der Waals surface area contributed by atoms with Gasteiger partial charge in [-0.3, -0.25) is 4.79 Å². The predicted octanol–water partition coefficient (Wildman–Crippen LogP) is 1.90. The Morgan fingerprint density at radius 1 is 1.43 bits per heavy atom. The van der Waals surface area contributed by atoms with Gasteiger partial charge in [0.15, 0.2) is 0 Å². The molecule has 124 valence electrons. The number of carbonyl (C=O) groups is 1. The Bertz CT molecular complexity index is 592. The average Bonchev–Trinajstić information content (AvgIpc) is 2.94. The fraction of sp³-hybridized carbons (Fsp3) is 0.500. The summed E-state index contributed by atoms with van der Waals surface area (Å²) in [5.74, 6) is 0.787. The van der Waals surface area contributed by atoms with Crippen LogP contribution in [-0.2, 0) is 9.53 Å². The minimum Gasteiger partial charge on any atom is -0.484 e. The van der Waals surface area contributed by atoms with E-state index in [-0.39, 0.29) is 17.6 Å². The van der Waals surface area contributed by atoms with Crippen molar-refractivity contribution in [2.45, 2.75) is 24.5 Å². The average molecular weight is 316 g/mol. The molecule has 1 saturated heterocycles. The van der Waals surface area contributed by atoms with Gasteiger partial charge < -0.3 is 19.7 Å². The van der Waals surface area contributed by atoms with Crippen molar-refractivity contribution >= 4 is 5.91 Å². The molecule has 1 aromatic rings. The fourth-order valence-electron chi connectivity index (χ4n) is 3.17. The summed E-state index contributed by atoms with van der Waals surface area (Å²) < 4.78 is 11.7. The fourth-order valence-corrected chi connectivity index (χ4v) is 3.17. The van der Waals surface area contributed by atoms with Crippen molar-refractivity contribution < 1.29 is 14.3 Å². The van der Waals surface area contributed by atoms with Crippen LogP contribution in [0.15, 0.2) is 36.4 Å². The molecule has 2 unspecified atom stereocenters. The van der Waals surface area contributed by atoms with Crippen LogP contribution < -0.4 is 10.1 Å². The van der Waals surface area contributed by atoms with Gasteiger partial charge in [-0.05, 0) is 20.2 Å². The molecule has 1 aromatic carbocycles. The molecule has 0 saturated carbocycles. The van der Waals surface area contributed by atoms with Crippen LogP contribution in [0.3, 0.4) is 0 Å². The Kier molecular flexibility index (Phi) is 4.68. The Morgan fingerprint density at radius 2 is 2.26 bits per heavy atom. The van der Waals surface area contributed by atoms with Gasteiger partial charge in [-0.15, -0.1) is 0 Å². The van der Waals surface area contributed by atoms with E-state index in [1.54, 1.807) is 6.08 Å². The van der Waals surface area contributed by atoms with Crippen LogP contribution in [0.5, 0.6) is 5.75 Å². The number of benzene rings is 1. The second-order valence-corrected chi connectivity index (χ2v) is 6.56. The van der Waals surface area contributed by atoms with Gasteiger partial charge in [0, 0.05) is 31.0 Å². The second kappa shape index (κ2) is 6.72. The van der Waals surface area contributed by atoms with Crippen molar-refractivity contribution in [3.8, 4) is 5.75 Å². The lowest BCUT2D eigenvalue weighted by molar-refractivity contribution is -0.117. The van der Waals surface area contributed by atoms with Gasteiger partial charge in [-0.1, -0.05) is 24.3 Å². The van der Waals surface area contributed by atoms with Crippen LogP contribution in [-0.4, -0.2) is 50.3 Å². The molecule has 2 aliphatic rings. The lowest BCUT2D eigenvalue weighted by atomic mass is 9.86. The zero-order valence-corrected chi connectivity index (χ0v) is 13.7. The highest BCUT2D eigenvalue weighted by Crippen LogP contribution is 2.42. The minimum absolute atomic E-state index is 0.0434. The second-order valence-electron chi connectivity index (χ2n) is 6.56. The van der Waals surface area contributed by atoms with Gasteiger partial charge in [0.25, 0.3) is 0 Å². The standard InChI is InChI=1S/C18H24N2O3/c1-20(2)10-5-8-17(21)19-15-12-18(9-11-22-13-18)23-16-7-4-3-6-14(15)16/h3-8,15H,9-13H2,1-2H3,(H,19,21)/b8-5+. The van der Waals surface area contributed by atoms with Crippen molar-refractivity contribution in [3.63, 3.8) is 0 Å². The van der Waals surface area contributed by atoms with Crippen molar-refractivity contribution in [1.29, 1.82) is 0 Å². The number of carbonyl (C=O) groups excluding carboxylic acids is 1. The van der Waals surface area contributed by atoms with E-state index in [0.717, 1.165) is 30.7 Å². The van der Waals surface area contributed by atoms with Gasteiger partial charge in [-0.2, -0.15) is 0 Å². The number of rotatable bonds is 4. The first-order valence-electron chi connectivity index (χ1n) is 8.05. The van der Waals surface area contributed by atoms with Gasteiger partial charge in [0.2, 0.25) is 5.91 Å². The van der Waals surface area contributed by atoms with Gasteiger partial charge in [-0.25, -0.2) is 0 Å². The highest BCUT2D eigenvalue weighted by Gasteiger charge is 2.44. The maximum atomic E-state index is 12.2. The van der Waals surface area contributed by atoms with Crippen LogP contribution in [0.25, 0.3) is 0 Å². The number of nitrogens with one attached hydrogen (secondary N) is 1. The number of nitrogens with zero attached hydrogens (tertiary/aromatic N) is 1. The maximum Gasteiger partial charge on any atom is 0.244 e. The predicted molar refractivity (Wildman–Crippen MR) is 88.4 cm³/mol. The zero-order chi connectivity index (χ0) is 16.3. The summed E-state index contributed by atoms with van der Waals surface area (Å²) in [6, 6.07) is 7.89. The number of fused-ring (bicyclic) bond motifs is 1.